The highest BCUT2D eigenvalue weighted by atomic mass is 79.9. The van der Waals surface area contributed by atoms with Crippen LogP contribution in [0.15, 0.2) is 33.5 Å². The lowest BCUT2D eigenvalue weighted by atomic mass is 10.1. The van der Waals surface area contributed by atoms with E-state index in [1.165, 1.54) is 0 Å². The molecule has 16 heavy (non-hydrogen) atoms. The molecule has 1 aromatic carbocycles. The van der Waals surface area contributed by atoms with Crippen molar-refractivity contribution >= 4 is 27.0 Å². The Morgan fingerprint density at radius 1 is 1.44 bits per heavy atom. The number of aromatic nitrogens is 1. The second-order valence-corrected chi connectivity index (χ2v) is 4.52. The summed E-state index contributed by atoms with van der Waals surface area (Å²) in [5.74, 6) is 0.194. The Bertz CT molecular complexity index is 525. The van der Waals surface area contributed by atoms with Crippen LogP contribution in [-0.4, -0.2) is 9.90 Å². The third-order valence-electron chi connectivity index (χ3n) is 2.81. The minimum atomic E-state index is -0.263. The molecule has 0 saturated heterocycles. The molecule has 1 unspecified atom stereocenters. The van der Waals surface area contributed by atoms with Gasteiger partial charge in [-0.05, 0) is 18.1 Å². The summed E-state index contributed by atoms with van der Waals surface area (Å²) >= 11 is 3.46. The smallest absolute Gasteiger partial charge is 0.408 e. The van der Waals surface area contributed by atoms with Gasteiger partial charge in [-0.15, -0.1) is 0 Å². The SMILES string of the molecule is CCC(CBr)Cn1c(=O)oc2ccccc21. The molecule has 1 heterocycles. The number of alkyl halides is 1. The first kappa shape index (κ1) is 11.5. The number of halogens is 1. The zero-order chi connectivity index (χ0) is 11.5. The van der Waals surface area contributed by atoms with E-state index in [1.54, 1.807) is 4.57 Å². The second-order valence-electron chi connectivity index (χ2n) is 3.87. The van der Waals surface area contributed by atoms with Gasteiger partial charge in [-0.25, -0.2) is 4.79 Å². The molecule has 0 bridgehead atoms. The van der Waals surface area contributed by atoms with E-state index in [-0.39, 0.29) is 5.76 Å². The van der Waals surface area contributed by atoms with Crippen LogP contribution in [0.25, 0.3) is 11.1 Å². The fraction of sp³-hybridized carbons (Fsp3) is 0.417. The van der Waals surface area contributed by atoms with Gasteiger partial charge in [-0.1, -0.05) is 41.4 Å². The van der Waals surface area contributed by atoms with Crippen molar-refractivity contribution < 1.29 is 4.42 Å². The number of rotatable bonds is 4. The van der Waals surface area contributed by atoms with Gasteiger partial charge in [0.05, 0.1) is 5.52 Å². The van der Waals surface area contributed by atoms with E-state index in [9.17, 15) is 4.79 Å². The number of fused-ring (bicyclic) bond motifs is 1. The molecule has 0 aliphatic heterocycles. The van der Waals surface area contributed by atoms with Crippen molar-refractivity contribution in [1.29, 1.82) is 0 Å². The molecule has 0 N–H and O–H groups in total. The van der Waals surface area contributed by atoms with Crippen LogP contribution >= 0.6 is 15.9 Å². The van der Waals surface area contributed by atoms with Crippen LogP contribution in [0.2, 0.25) is 0 Å². The van der Waals surface area contributed by atoms with Crippen LogP contribution in [0.5, 0.6) is 0 Å². The van der Waals surface area contributed by atoms with Gasteiger partial charge in [0, 0.05) is 11.9 Å². The number of hydrogen-bond acceptors (Lipinski definition) is 2. The number of oxazole rings is 1. The molecular weight excluding hydrogens is 270 g/mol. The molecule has 2 aromatic rings. The van der Waals surface area contributed by atoms with Crippen LogP contribution in [0, 0.1) is 5.92 Å². The van der Waals surface area contributed by atoms with Gasteiger partial charge in [-0.2, -0.15) is 0 Å². The van der Waals surface area contributed by atoms with Crippen molar-refractivity contribution in [3.05, 3.63) is 34.8 Å². The van der Waals surface area contributed by atoms with Gasteiger partial charge in [0.25, 0.3) is 0 Å². The predicted molar refractivity (Wildman–Crippen MR) is 68.0 cm³/mol. The average molecular weight is 284 g/mol. The number of para-hydroxylation sites is 2. The predicted octanol–water partition coefficient (Wildman–Crippen LogP) is 3.02. The first-order valence-corrected chi connectivity index (χ1v) is 6.52. The van der Waals surface area contributed by atoms with Crippen LogP contribution in [0.4, 0.5) is 0 Å². The molecule has 0 saturated carbocycles. The Morgan fingerprint density at radius 3 is 2.88 bits per heavy atom. The molecule has 4 heteroatoms. The molecule has 0 fully saturated rings. The zero-order valence-corrected chi connectivity index (χ0v) is 10.7. The summed E-state index contributed by atoms with van der Waals surface area (Å²) in [4.78, 5) is 11.7. The van der Waals surface area contributed by atoms with Crippen molar-refractivity contribution in [1.82, 2.24) is 4.57 Å². The van der Waals surface area contributed by atoms with Gasteiger partial charge in [0.15, 0.2) is 5.58 Å². The summed E-state index contributed by atoms with van der Waals surface area (Å²) in [5.41, 5.74) is 1.55. The Labute approximate surface area is 102 Å². The van der Waals surface area contributed by atoms with Gasteiger partial charge < -0.3 is 4.42 Å². The quantitative estimate of drug-likeness (QED) is 0.809. The van der Waals surface area contributed by atoms with Gasteiger partial charge in [-0.3, -0.25) is 4.57 Å². The topological polar surface area (TPSA) is 35.1 Å². The summed E-state index contributed by atoms with van der Waals surface area (Å²) in [6, 6.07) is 7.53. The van der Waals surface area contributed by atoms with Gasteiger partial charge in [0.1, 0.15) is 0 Å². The summed E-state index contributed by atoms with van der Waals surface area (Å²) in [5, 5.41) is 0.898. The molecule has 2 rings (SSSR count). The lowest BCUT2D eigenvalue weighted by Crippen LogP contribution is -2.20. The highest BCUT2D eigenvalue weighted by Crippen LogP contribution is 2.15. The molecule has 0 aliphatic carbocycles. The van der Waals surface area contributed by atoms with Crippen molar-refractivity contribution in [2.45, 2.75) is 19.9 Å². The summed E-state index contributed by atoms with van der Waals surface area (Å²) in [6.45, 7) is 2.83. The second kappa shape index (κ2) is 4.87. The van der Waals surface area contributed by atoms with Crippen molar-refractivity contribution in [2.24, 2.45) is 5.92 Å². The summed E-state index contributed by atoms with van der Waals surface area (Å²) in [6.07, 6.45) is 1.04. The standard InChI is InChI=1S/C12H14BrNO2/c1-2-9(7-13)8-14-10-5-3-4-6-11(10)16-12(14)15/h3-6,9H,2,7-8H2,1H3. The molecule has 86 valence electrons. The first-order chi connectivity index (χ1) is 7.76. The maximum absolute atomic E-state index is 11.7. The van der Waals surface area contributed by atoms with Gasteiger partial charge >= 0.3 is 5.76 Å². The summed E-state index contributed by atoms with van der Waals surface area (Å²) in [7, 11) is 0. The van der Waals surface area contributed by atoms with Crippen molar-refractivity contribution in [2.75, 3.05) is 5.33 Å². The van der Waals surface area contributed by atoms with Gasteiger partial charge in [0.2, 0.25) is 0 Å². The maximum Gasteiger partial charge on any atom is 0.419 e. The van der Waals surface area contributed by atoms with Crippen LogP contribution in [-0.2, 0) is 6.54 Å². The molecule has 0 spiro atoms. The molecule has 0 aliphatic rings. The van der Waals surface area contributed by atoms with E-state index in [2.05, 4.69) is 22.9 Å². The molecule has 1 atom stereocenters. The van der Waals surface area contributed by atoms with Crippen LogP contribution in [0.3, 0.4) is 0 Å². The van der Waals surface area contributed by atoms with E-state index < -0.39 is 0 Å². The fourth-order valence-electron chi connectivity index (χ4n) is 1.73. The molecule has 0 amide bonds. The monoisotopic (exact) mass is 283 g/mol. The Kier molecular flexibility index (Phi) is 3.49. The van der Waals surface area contributed by atoms with E-state index in [0.717, 1.165) is 17.3 Å². The highest BCUT2D eigenvalue weighted by Gasteiger charge is 2.12. The fourth-order valence-corrected chi connectivity index (χ4v) is 2.39. The Balaban J connectivity index is 2.43. The number of nitrogens with zero attached hydrogens (tertiary/aromatic N) is 1. The Hall–Kier alpha value is -1.03. The minimum Gasteiger partial charge on any atom is -0.408 e. The average Bonchev–Trinajstić information content (AvgIpc) is 2.62. The van der Waals surface area contributed by atoms with E-state index in [1.807, 2.05) is 24.3 Å². The minimum absolute atomic E-state index is 0.263. The third-order valence-corrected chi connectivity index (χ3v) is 3.73. The number of benzene rings is 1. The van der Waals surface area contributed by atoms with E-state index in [0.29, 0.717) is 18.0 Å². The highest BCUT2D eigenvalue weighted by molar-refractivity contribution is 9.09. The summed E-state index contributed by atoms with van der Waals surface area (Å²) < 4.78 is 6.89. The zero-order valence-electron chi connectivity index (χ0n) is 9.15. The largest absolute Gasteiger partial charge is 0.419 e. The Morgan fingerprint density at radius 2 is 2.19 bits per heavy atom. The molecular formula is C12H14BrNO2. The third kappa shape index (κ3) is 2.07. The van der Waals surface area contributed by atoms with Crippen molar-refractivity contribution in [3.8, 4) is 0 Å². The molecule has 3 nitrogen and oxygen atoms in total. The normalized spacial score (nSPS) is 13.1. The van der Waals surface area contributed by atoms with Crippen LogP contribution < -0.4 is 5.76 Å². The lowest BCUT2D eigenvalue weighted by molar-refractivity contribution is 0.436. The maximum atomic E-state index is 11.7. The van der Waals surface area contributed by atoms with E-state index in [4.69, 9.17) is 4.42 Å². The molecule has 1 aromatic heterocycles. The molecule has 0 radical (unpaired) electrons. The number of hydrogen-bond donors (Lipinski definition) is 0. The lowest BCUT2D eigenvalue weighted by Gasteiger charge is -2.11. The first-order valence-electron chi connectivity index (χ1n) is 5.40. The van der Waals surface area contributed by atoms with Crippen LogP contribution in [0.1, 0.15) is 13.3 Å². The van der Waals surface area contributed by atoms with E-state index >= 15 is 0 Å². The van der Waals surface area contributed by atoms with Crippen molar-refractivity contribution in [3.63, 3.8) is 0 Å².